The maximum atomic E-state index is 13.1. The monoisotopic (exact) mass is 439 g/mol. The topological polar surface area (TPSA) is 60.0 Å². The van der Waals surface area contributed by atoms with Crippen LogP contribution in [-0.2, 0) is 11.3 Å². The van der Waals surface area contributed by atoms with Crippen LogP contribution < -0.4 is 10.6 Å². The zero-order valence-electron chi connectivity index (χ0n) is 19.2. The third kappa shape index (κ3) is 7.34. The summed E-state index contributed by atoms with van der Waals surface area (Å²) in [6.45, 7) is 4.92. The molecule has 0 aromatic heterocycles. The van der Waals surface area contributed by atoms with Crippen LogP contribution in [0.3, 0.4) is 0 Å². The molecule has 1 unspecified atom stereocenters. The average Bonchev–Trinajstić information content (AvgIpc) is 2.80. The highest BCUT2D eigenvalue weighted by Gasteiger charge is 2.21. The molecule has 1 heterocycles. The van der Waals surface area contributed by atoms with Crippen LogP contribution in [0, 0.1) is 5.82 Å². The minimum Gasteiger partial charge on any atom is -0.354 e. The van der Waals surface area contributed by atoms with Crippen molar-refractivity contribution in [1.29, 1.82) is 0 Å². The number of carbonyl (C=O) groups is 1. The Kier molecular flexibility index (Phi) is 8.62. The van der Waals surface area contributed by atoms with E-state index in [0.717, 1.165) is 43.6 Å². The van der Waals surface area contributed by atoms with Crippen LogP contribution in [0.2, 0.25) is 0 Å². The molecule has 0 saturated carbocycles. The van der Waals surface area contributed by atoms with Crippen molar-refractivity contribution in [1.82, 2.24) is 20.4 Å². The number of carbonyl (C=O) groups excluding carboxylic acids is 1. The summed E-state index contributed by atoms with van der Waals surface area (Å²) in [5, 5.41) is 6.98. The van der Waals surface area contributed by atoms with E-state index < -0.39 is 0 Å². The van der Waals surface area contributed by atoms with Crippen molar-refractivity contribution in [3.63, 3.8) is 0 Å². The number of aliphatic imine (C=N–C) groups is 1. The number of hydrogen-bond acceptors (Lipinski definition) is 3. The Morgan fingerprint density at radius 1 is 1.12 bits per heavy atom. The number of likely N-dealkylation sites (N-methyl/N-ethyl adjacent to an activating group) is 1. The van der Waals surface area contributed by atoms with Gasteiger partial charge in [-0.05, 0) is 43.0 Å². The number of rotatable bonds is 7. The van der Waals surface area contributed by atoms with Crippen molar-refractivity contribution >= 4 is 11.9 Å². The second-order valence-corrected chi connectivity index (χ2v) is 8.55. The maximum absolute atomic E-state index is 13.1. The highest BCUT2D eigenvalue weighted by Crippen LogP contribution is 2.15. The fraction of sp³-hybridized carbons (Fsp3) is 0.440. The molecule has 1 aliphatic heterocycles. The van der Waals surface area contributed by atoms with Crippen LogP contribution in [-0.4, -0.2) is 61.4 Å². The fourth-order valence-electron chi connectivity index (χ4n) is 3.73. The summed E-state index contributed by atoms with van der Waals surface area (Å²) in [6.07, 6.45) is 1.95. The van der Waals surface area contributed by atoms with Crippen LogP contribution in [0.15, 0.2) is 59.6 Å². The quantitative estimate of drug-likeness (QED) is 0.514. The van der Waals surface area contributed by atoms with Crippen molar-refractivity contribution in [3.8, 4) is 0 Å². The van der Waals surface area contributed by atoms with Crippen molar-refractivity contribution in [2.24, 2.45) is 4.99 Å². The molecule has 0 radical (unpaired) electrons. The number of likely N-dealkylation sites (tertiary alicyclic amines) is 1. The lowest BCUT2D eigenvalue weighted by molar-refractivity contribution is -0.127. The minimum absolute atomic E-state index is 0.0346. The summed E-state index contributed by atoms with van der Waals surface area (Å²) in [7, 11) is 3.48. The third-order valence-corrected chi connectivity index (χ3v) is 5.77. The highest BCUT2D eigenvalue weighted by atomic mass is 19.1. The van der Waals surface area contributed by atoms with E-state index in [-0.39, 0.29) is 30.4 Å². The zero-order valence-corrected chi connectivity index (χ0v) is 19.2. The lowest BCUT2D eigenvalue weighted by Crippen LogP contribution is -2.49. The van der Waals surface area contributed by atoms with Crippen LogP contribution in [0.5, 0.6) is 0 Å². The van der Waals surface area contributed by atoms with Gasteiger partial charge in [-0.3, -0.25) is 9.69 Å². The molecule has 1 amide bonds. The van der Waals surface area contributed by atoms with Gasteiger partial charge in [0, 0.05) is 39.8 Å². The van der Waals surface area contributed by atoms with Crippen molar-refractivity contribution in [2.45, 2.75) is 38.4 Å². The Hall–Kier alpha value is -2.93. The molecule has 0 bridgehead atoms. The first-order valence-electron chi connectivity index (χ1n) is 11.2. The summed E-state index contributed by atoms with van der Waals surface area (Å²) >= 11 is 0. The molecule has 32 heavy (non-hydrogen) atoms. The first kappa shape index (κ1) is 23.7. The van der Waals surface area contributed by atoms with E-state index in [9.17, 15) is 9.18 Å². The molecule has 2 aromatic rings. The molecule has 2 aromatic carbocycles. The molecule has 1 saturated heterocycles. The molecule has 1 aliphatic rings. The molecule has 172 valence electrons. The highest BCUT2D eigenvalue weighted by molar-refractivity contribution is 5.85. The number of halogens is 1. The number of hydrogen-bond donors (Lipinski definition) is 2. The van der Waals surface area contributed by atoms with Crippen molar-refractivity contribution in [2.75, 3.05) is 33.7 Å². The van der Waals surface area contributed by atoms with Gasteiger partial charge in [-0.15, -0.1) is 0 Å². The SMILES string of the molecule is CC(NC(=NCC(=O)N(C)C)NC1CCN(Cc2ccc(F)cc2)CC1)c1ccccc1. The normalized spacial score (nSPS) is 16.4. The van der Waals surface area contributed by atoms with Gasteiger partial charge in [0.05, 0.1) is 6.04 Å². The molecule has 1 fully saturated rings. The van der Waals surface area contributed by atoms with Gasteiger partial charge >= 0.3 is 0 Å². The van der Waals surface area contributed by atoms with Gasteiger partial charge in [-0.25, -0.2) is 9.38 Å². The predicted molar refractivity (Wildman–Crippen MR) is 127 cm³/mol. The second kappa shape index (κ2) is 11.6. The standard InChI is InChI=1S/C25H34FN5O/c1-19(21-7-5-4-6-8-21)28-25(27-17-24(32)30(2)3)29-23-13-15-31(16-14-23)18-20-9-11-22(26)12-10-20/h4-12,19,23H,13-18H2,1-3H3,(H2,27,28,29). The number of guanidine groups is 1. The number of piperidine rings is 1. The van der Waals surface area contributed by atoms with Gasteiger partial charge in [-0.2, -0.15) is 0 Å². The van der Waals surface area contributed by atoms with Crippen molar-refractivity contribution < 1.29 is 9.18 Å². The summed E-state index contributed by atoms with van der Waals surface area (Å²) in [4.78, 5) is 20.6. The summed E-state index contributed by atoms with van der Waals surface area (Å²) < 4.78 is 13.1. The molecular weight excluding hydrogens is 405 g/mol. The summed E-state index contributed by atoms with van der Waals surface area (Å²) in [6, 6.07) is 17.3. The predicted octanol–water partition coefficient (Wildman–Crippen LogP) is 3.17. The zero-order chi connectivity index (χ0) is 22.9. The molecule has 0 spiro atoms. The van der Waals surface area contributed by atoms with Gasteiger partial charge in [0.15, 0.2) is 5.96 Å². The minimum atomic E-state index is -0.201. The van der Waals surface area contributed by atoms with E-state index in [2.05, 4.69) is 39.6 Å². The van der Waals surface area contributed by atoms with Gasteiger partial charge in [0.2, 0.25) is 5.91 Å². The molecule has 1 atom stereocenters. The fourth-order valence-corrected chi connectivity index (χ4v) is 3.73. The molecule has 7 heteroatoms. The number of nitrogens with zero attached hydrogens (tertiary/aromatic N) is 3. The van der Waals surface area contributed by atoms with Gasteiger partial charge in [-0.1, -0.05) is 42.5 Å². The van der Waals surface area contributed by atoms with E-state index in [1.54, 1.807) is 19.0 Å². The average molecular weight is 440 g/mol. The third-order valence-electron chi connectivity index (χ3n) is 5.77. The molecule has 2 N–H and O–H groups in total. The Bertz CT molecular complexity index is 877. The van der Waals surface area contributed by atoms with E-state index in [1.165, 1.54) is 12.1 Å². The van der Waals surface area contributed by atoms with E-state index in [1.807, 2.05) is 30.3 Å². The van der Waals surface area contributed by atoms with E-state index in [4.69, 9.17) is 0 Å². The lowest BCUT2D eigenvalue weighted by Gasteiger charge is -2.33. The number of amides is 1. The number of benzene rings is 2. The van der Waals surface area contributed by atoms with Gasteiger partial charge in [0.25, 0.3) is 0 Å². The molecular formula is C25H34FN5O. The van der Waals surface area contributed by atoms with Crippen LogP contribution in [0.1, 0.15) is 36.9 Å². The second-order valence-electron chi connectivity index (χ2n) is 8.55. The summed E-state index contributed by atoms with van der Waals surface area (Å²) in [5.41, 5.74) is 2.29. The Morgan fingerprint density at radius 2 is 1.78 bits per heavy atom. The lowest BCUT2D eigenvalue weighted by atomic mass is 10.0. The van der Waals surface area contributed by atoms with Gasteiger partial charge in [0.1, 0.15) is 12.4 Å². The van der Waals surface area contributed by atoms with Crippen LogP contribution in [0.4, 0.5) is 4.39 Å². The Labute approximate surface area is 190 Å². The molecule has 3 rings (SSSR count). The van der Waals surface area contributed by atoms with Gasteiger partial charge < -0.3 is 15.5 Å². The maximum Gasteiger partial charge on any atom is 0.243 e. The first-order valence-corrected chi connectivity index (χ1v) is 11.2. The smallest absolute Gasteiger partial charge is 0.243 e. The summed E-state index contributed by atoms with van der Waals surface area (Å²) in [5.74, 6) is 0.426. The van der Waals surface area contributed by atoms with E-state index >= 15 is 0 Å². The van der Waals surface area contributed by atoms with Crippen molar-refractivity contribution in [3.05, 3.63) is 71.5 Å². The Morgan fingerprint density at radius 3 is 2.41 bits per heavy atom. The van der Waals surface area contributed by atoms with Crippen LogP contribution >= 0.6 is 0 Å². The first-order chi connectivity index (χ1) is 15.4. The largest absolute Gasteiger partial charge is 0.354 e. The van der Waals surface area contributed by atoms with Crippen LogP contribution in [0.25, 0.3) is 0 Å². The van der Waals surface area contributed by atoms with E-state index in [0.29, 0.717) is 5.96 Å². The molecule has 0 aliphatic carbocycles. The molecule has 6 nitrogen and oxygen atoms in total. The Balaban J connectivity index is 1.57. The number of nitrogens with one attached hydrogen (secondary N) is 2.